The molecule has 2 nitrogen and oxygen atoms in total. The fourth-order valence-corrected chi connectivity index (χ4v) is 0.709. The molecule has 2 heteroatoms. The summed E-state index contributed by atoms with van der Waals surface area (Å²) in [4.78, 5) is 0. The lowest BCUT2D eigenvalue weighted by Gasteiger charge is -2.11. The molecule has 0 bridgehead atoms. The molecule has 0 heterocycles. The molecular formula is C9H16O2. The van der Waals surface area contributed by atoms with Crippen LogP contribution in [0.3, 0.4) is 0 Å². The third-order valence-corrected chi connectivity index (χ3v) is 1.35. The maximum Gasteiger partial charge on any atom is 0.151 e. The summed E-state index contributed by atoms with van der Waals surface area (Å²) in [6.07, 6.45) is 3.78. The number of aliphatic hydroxyl groups excluding tert-OH is 1. The summed E-state index contributed by atoms with van der Waals surface area (Å²) in [6.45, 7) is 9.36. The molecule has 0 aliphatic rings. The van der Waals surface area contributed by atoms with Gasteiger partial charge in [-0.3, -0.25) is 0 Å². The summed E-state index contributed by atoms with van der Waals surface area (Å²) in [7, 11) is 0. The molecule has 0 amide bonds. The minimum Gasteiger partial charge on any atom is -0.368 e. The van der Waals surface area contributed by atoms with Gasteiger partial charge in [0, 0.05) is 5.92 Å². The van der Waals surface area contributed by atoms with E-state index in [1.807, 2.05) is 12.2 Å². The SMILES string of the molecule is C=CCC(C=C)COC(C)O. The van der Waals surface area contributed by atoms with Crippen LogP contribution in [0.15, 0.2) is 25.3 Å². The lowest BCUT2D eigenvalue weighted by molar-refractivity contribution is -0.0920. The molecule has 0 aromatic heterocycles. The molecule has 1 N–H and O–H groups in total. The van der Waals surface area contributed by atoms with Crippen molar-refractivity contribution in [2.45, 2.75) is 19.6 Å². The highest BCUT2D eigenvalue weighted by Gasteiger charge is 2.03. The van der Waals surface area contributed by atoms with Gasteiger partial charge in [-0.05, 0) is 13.3 Å². The van der Waals surface area contributed by atoms with E-state index in [0.717, 1.165) is 6.42 Å². The van der Waals surface area contributed by atoms with Crippen LogP contribution >= 0.6 is 0 Å². The number of hydrogen-bond acceptors (Lipinski definition) is 2. The van der Waals surface area contributed by atoms with E-state index in [1.165, 1.54) is 0 Å². The molecule has 0 saturated carbocycles. The molecule has 0 fully saturated rings. The third-order valence-electron chi connectivity index (χ3n) is 1.35. The molecule has 0 aliphatic carbocycles. The van der Waals surface area contributed by atoms with Crippen LogP contribution in [0.1, 0.15) is 13.3 Å². The minimum absolute atomic E-state index is 0.266. The molecule has 0 aromatic rings. The second-order valence-electron chi connectivity index (χ2n) is 2.45. The number of aliphatic hydroxyl groups is 1. The van der Waals surface area contributed by atoms with E-state index in [-0.39, 0.29) is 5.92 Å². The predicted octanol–water partition coefficient (Wildman–Crippen LogP) is 1.72. The molecule has 11 heavy (non-hydrogen) atoms. The predicted molar refractivity (Wildman–Crippen MR) is 46.1 cm³/mol. The van der Waals surface area contributed by atoms with Crippen LogP contribution in [0.4, 0.5) is 0 Å². The highest BCUT2D eigenvalue weighted by atomic mass is 16.6. The summed E-state index contributed by atoms with van der Waals surface area (Å²) < 4.78 is 4.98. The Balaban J connectivity index is 3.51. The average Bonchev–Trinajstić information content (AvgIpc) is 1.97. The molecule has 2 unspecified atom stereocenters. The van der Waals surface area contributed by atoms with E-state index in [0.29, 0.717) is 6.61 Å². The van der Waals surface area contributed by atoms with Crippen LogP contribution in [0.25, 0.3) is 0 Å². The normalized spacial score (nSPS) is 15.5. The lowest BCUT2D eigenvalue weighted by Crippen LogP contribution is -2.13. The van der Waals surface area contributed by atoms with Gasteiger partial charge in [-0.25, -0.2) is 0 Å². The topological polar surface area (TPSA) is 29.5 Å². The van der Waals surface area contributed by atoms with Gasteiger partial charge in [0.1, 0.15) is 0 Å². The van der Waals surface area contributed by atoms with Gasteiger partial charge >= 0.3 is 0 Å². The molecular weight excluding hydrogens is 140 g/mol. The maximum absolute atomic E-state index is 8.78. The lowest BCUT2D eigenvalue weighted by atomic mass is 10.1. The monoisotopic (exact) mass is 156 g/mol. The van der Waals surface area contributed by atoms with Crippen LogP contribution in [-0.2, 0) is 4.74 Å². The number of ether oxygens (including phenoxy) is 1. The molecule has 64 valence electrons. The van der Waals surface area contributed by atoms with Gasteiger partial charge in [-0.2, -0.15) is 0 Å². The van der Waals surface area contributed by atoms with Crippen LogP contribution < -0.4 is 0 Å². The van der Waals surface area contributed by atoms with Crippen LogP contribution in [-0.4, -0.2) is 18.0 Å². The smallest absolute Gasteiger partial charge is 0.151 e. The number of hydrogen-bond donors (Lipinski definition) is 1. The van der Waals surface area contributed by atoms with E-state index in [1.54, 1.807) is 6.92 Å². The molecule has 0 radical (unpaired) electrons. The van der Waals surface area contributed by atoms with E-state index < -0.39 is 6.29 Å². The largest absolute Gasteiger partial charge is 0.368 e. The van der Waals surface area contributed by atoms with Crippen molar-refractivity contribution < 1.29 is 9.84 Å². The highest BCUT2D eigenvalue weighted by Crippen LogP contribution is 2.05. The van der Waals surface area contributed by atoms with Gasteiger partial charge < -0.3 is 9.84 Å². The standard InChI is InChI=1S/C9H16O2/c1-4-6-9(5-2)7-11-8(3)10/h4-5,8-10H,1-2,6-7H2,3H3. The van der Waals surface area contributed by atoms with Gasteiger partial charge in [0.15, 0.2) is 6.29 Å². The zero-order chi connectivity index (χ0) is 8.69. The second kappa shape index (κ2) is 6.13. The molecule has 0 rings (SSSR count). The molecule has 2 atom stereocenters. The molecule has 0 saturated heterocycles. The van der Waals surface area contributed by atoms with E-state index in [4.69, 9.17) is 9.84 Å². The quantitative estimate of drug-likeness (QED) is 0.468. The molecule has 0 aromatic carbocycles. The maximum atomic E-state index is 8.78. The first-order valence-corrected chi connectivity index (χ1v) is 3.73. The van der Waals surface area contributed by atoms with Gasteiger partial charge in [-0.15, -0.1) is 13.2 Å². The second-order valence-corrected chi connectivity index (χ2v) is 2.45. The Labute approximate surface area is 68.2 Å². The van der Waals surface area contributed by atoms with Crippen molar-refractivity contribution in [3.05, 3.63) is 25.3 Å². The summed E-state index contributed by atoms with van der Waals surface area (Å²) in [5.74, 6) is 0.266. The van der Waals surface area contributed by atoms with Crippen molar-refractivity contribution >= 4 is 0 Å². The fraction of sp³-hybridized carbons (Fsp3) is 0.556. The van der Waals surface area contributed by atoms with Crippen molar-refractivity contribution in [2.24, 2.45) is 5.92 Å². The Bertz CT molecular complexity index is 119. The van der Waals surface area contributed by atoms with Crippen molar-refractivity contribution in [3.63, 3.8) is 0 Å². The third kappa shape index (κ3) is 5.83. The summed E-state index contributed by atoms with van der Waals surface area (Å²) in [5.41, 5.74) is 0. The van der Waals surface area contributed by atoms with E-state index in [9.17, 15) is 0 Å². The summed E-state index contributed by atoms with van der Waals surface area (Å²) in [6, 6.07) is 0. The van der Waals surface area contributed by atoms with Crippen LogP contribution in [0.5, 0.6) is 0 Å². The fourth-order valence-electron chi connectivity index (χ4n) is 0.709. The van der Waals surface area contributed by atoms with Crippen molar-refractivity contribution in [1.29, 1.82) is 0 Å². The van der Waals surface area contributed by atoms with Gasteiger partial charge in [0.25, 0.3) is 0 Å². The summed E-state index contributed by atoms with van der Waals surface area (Å²) >= 11 is 0. The van der Waals surface area contributed by atoms with E-state index >= 15 is 0 Å². The number of rotatable bonds is 6. The Morgan fingerprint density at radius 1 is 1.55 bits per heavy atom. The Kier molecular flexibility index (Phi) is 5.80. The first-order valence-electron chi connectivity index (χ1n) is 3.73. The van der Waals surface area contributed by atoms with Gasteiger partial charge in [0.05, 0.1) is 6.61 Å². The first kappa shape index (κ1) is 10.4. The van der Waals surface area contributed by atoms with Gasteiger partial charge in [0.2, 0.25) is 0 Å². The van der Waals surface area contributed by atoms with Crippen molar-refractivity contribution in [2.75, 3.05) is 6.61 Å². The van der Waals surface area contributed by atoms with Crippen molar-refractivity contribution in [3.8, 4) is 0 Å². The van der Waals surface area contributed by atoms with Crippen LogP contribution in [0, 0.1) is 5.92 Å². The number of allylic oxidation sites excluding steroid dienone is 1. The first-order chi connectivity index (χ1) is 5.20. The Morgan fingerprint density at radius 3 is 2.55 bits per heavy atom. The van der Waals surface area contributed by atoms with Crippen molar-refractivity contribution in [1.82, 2.24) is 0 Å². The highest BCUT2D eigenvalue weighted by molar-refractivity contribution is 4.84. The van der Waals surface area contributed by atoms with Gasteiger partial charge in [-0.1, -0.05) is 12.2 Å². The molecule has 0 spiro atoms. The average molecular weight is 156 g/mol. The Hall–Kier alpha value is -0.600. The minimum atomic E-state index is -0.692. The van der Waals surface area contributed by atoms with Crippen LogP contribution in [0.2, 0.25) is 0 Å². The zero-order valence-electron chi connectivity index (χ0n) is 6.99. The molecule has 0 aliphatic heterocycles. The zero-order valence-corrected chi connectivity index (χ0v) is 6.99. The van der Waals surface area contributed by atoms with E-state index in [2.05, 4.69) is 13.2 Å². The Morgan fingerprint density at radius 2 is 2.18 bits per heavy atom. The summed E-state index contributed by atoms with van der Waals surface area (Å²) in [5, 5.41) is 8.78.